The van der Waals surface area contributed by atoms with Crippen LogP contribution in [0.2, 0.25) is 0 Å². The maximum absolute atomic E-state index is 11.8. The molecule has 6 heteroatoms. The number of nitrogens with one attached hydrogen (secondary N) is 2. The summed E-state index contributed by atoms with van der Waals surface area (Å²) in [6, 6.07) is 6.08. The number of carbonyl (C=O) groups excluding carboxylic acids is 1. The minimum Gasteiger partial charge on any atom is -0.376 e. The average molecular weight is 305 g/mol. The fourth-order valence-electron chi connectivity index (χ4n) is 2.39. The molecule has 1 saturated heterocycles. The van der Waals surface area contributed by atoms with E-state index in [1.807, 2.05) is 19.1 Å². The number of fused-ring (bicyclic) bond motifs is 1. The second kappa shape index (κ2) is 6.49. The number of carbonyl (C=O) groups is 1. The van der Waals surface area contributed by atoms with Crippen LogP contribution < -0.4 is 5.32 Å². The number of thioether (sulfide) groups is 1. The van der Waals surface area contributed by atoms with Gasteiger partial charge in [0.05, 0.1) is 22.9 Å². The van der Waals surface area contributed by atoms with Gasteiger partial charge in [0.1, 0.15) is 0 Å². The summed E-state index contributed by atoms with van der Waals surface area (Å²) in [5, 5.41) is 3.69. The number of nitrogens with zero attached hydrogens (tertiary/aromatic N) is 1. The van der Waals surface area contributed by atoms with Crippen LogP contribution in [0.15, 0.2) is 23.4 Å². The van der Waals surface area contributed by atoms with Crippen molar-refractivity contribution in [3.05, 3.63) is 23.8 Å². The van der Waals surface area contributed by atoms with Crippen molar-refractivity contribution >= 4 is 28.7 Å². The summed E-state index contributed by atoms with van der Waals surface area (Å²) in [7, 11) is 0. The molecule has 1 aliphatic rings. The van der Waals surface area contributed by atoms with Crippen LogP contribution in [0.5, 0.6) is 0 Å². The van der Waals surface area contributed by atoms with Crippen molar-refractivity contribution in [3.63, 3.8) is 0 Å². The van der Waals surface area contributed by atoms with Gasteiger partial charge < -0.3 is 15.0 Å². The lowest BCUT2D eigenvalue weighted by molar-refractivity contribution is -0.119. The van der Waals surface area contributed by atoms with E-state index in [0.717, 1.165) is 35.6 Å². The molecular weight excluding hydrogens is 286 g/mol. The molecule has 21 heavy (non-hydrogen) atoms. The van der Waals surface area contributed by atoms with Gasteiger partial charge in [0.15, 0.2) is 5.16 Å². The van der Waals surface area contributed by atoms with Crippen molar-refractivity contribution in [2.75, 3.05) is 18.9 Å². The fraction of sp³-hybridized carbons (Fsp3) is 0.467. The van der Waals surface area contributed by atoms with Crippen molar-refractivity contribution in [1.82, 2.24) is 15.3 Å². The molecule has 1 amide bonds. The Morgan fingerprint density at radius 3 is 3.29 bits per heavy atom. The average Bonchev–Trinajstić information content (AvgIpc) is 3.11. The standard InChI is InChI=1S/C15H19N3O2S/c1-10-4-5-12-13(7-10)18-15(17-12)21-9-14(19)16-8-11-3-2-6-20-11/h4-5,7,11H,2-3,6,8-9H2,1H3,(H,16,19)(H,17,18)/t11-/m0/s1. The Hall–Kier alpha value is -1.53. The van der Waals surface area contributed by atoms with E-state index in [-0.39, 0.29) is 12.0 Å². The first-order valence-corrected chi connectivity index (χ1v) is 8.17. The Balaban J connectivity index is 1.49. The van der Waals surface area contributed by atoms with Crippen molar-refractivity contribution < 1.29 is 9.53 Å². The van der Waals surface area contributed by atoms with Gasteiger partial charge in [-0.05, 0) is 37.5 Å². The van der Waals surface area contributed by atoms with Gasteiger partial charge in [-0.25, -0.2) is 4.98 Å². The Morgan fingerprint density at radius 2 is 2.48 bits per heavy atom. The summed E-state index contributed by atoms with van der Waals surface area (Å²) in [6.07, 6.45) is 2.32. The van der Waals surface area contributed by atoms with Gasteiger partial charge in [-0.3, -0.25) is 4.79 Å². The number of H-pyrrole nitrogens is 1. The number of hydrogen-bond acceptors (Lipinski definition) is 4. The number of hydrogen-bond donors (Lipinski definition) is 2. The normalized spacial score (nSPS) is 18.2. The molecule has 0 saturated carbocycles. The van der Waals surface area contributed by atoms with Gasteiger partial charge in [0.2, 0.25) is 5.91 Å². The van der Waals surface area contributed by atoms with Gasteiger partial charge in [-0.2, -0.15) is 0 Å². The highest BCUT2D eigenvalue weighted by Gasteiger charge is 2.16. The second-order valence-corrected chi connectivity index (χ2v) is 6.25. The van der Waals surface area contributed by atoms with E-state index in [9.17, 15) is 4.79 Å². The molecule has 2 aromatic rings. The molecule has 2 N–H and O–H groups in total. The van der Waals surface area contributed by atoms with Crippen LogP contribution in [-0.4, -0.2) is 40.9 Å². The predicted molar refractivity (Wildman–Crippen MR) is 83.5 cm³/mol. The SMILES string of the molecule is Cc1ccc2nc(SCC(=O)NC[C@@H]3CCCO3)[nH]c2c1. The predicted octanol–water partition coefficient (Wildman–Crippen LogP) is 2.26. The second-order valence-electron chi connectivity index (χ2n) is 5.29. The third-order valence-electron chi connectivity index (χ3n) is 3.51. The number of aromatic amines is 1. The monoisotopic (exact) mass is 305 g/mol. The number of aryl methyl sites for hydroxylation is 1. The highest BCUT2D eigenvalue weighted by atomic mass is 32.2. The third-order valence-corrected chi connectivity index (χ3v) is 4.38. The Kier molecular flexibility index (Phi) is 4.45. The molecule has 3 rings (SSSR count). The Bertz CT molecular complexity index is 635. The molecule has 5 nitrogen and oxygen atoms in total. The zero-order valence-electron chi connectivity index (χ0n) is 12.0. The van der Waals surface area contributed by atoms with Crippen LogP contribution in [0.3, 0.4) is 0 Å². The van der Waals surface area contributed by atoms with Gasteiger partial charge in [-0.15, -0.1) is 0 Å². The lowest BCUT2D eigenvalue weighted by Gasteiger charge is -2.10. The number of aromatic nitrogens is 2. The number of rotatable bonds is 5. The van der Waals surface area contributed by atoms with Crippen LogP contribution in [-0.2, 0) is 9.53 Å². The van der Waals surface area contributed by atoms with Crippen LogP contribution in [0.4, 0.5) is 0 Å². The molecule has 1 aliphatic heterocycles. The summed E-state index contributed by atoms with van der Waals surface area (Å²) in [4.78, 5) is 19.5. The van der Waals surface area contributed by atoms with E-state index in [0.29, 0.717) is 12.3 Å². The van der Waals surface area contributed by atoms with Crippen molar-refractivity contribution in [3.8, 4) is 0 Å². The van der Waals surface area contributed by atoms with E-state index < -0.39 is 0 Å². The van der Waals surface area contributed by atoms with E-state index >= 15 is 0 Å². The first-order valence-electron chi connectivity index (χ1n) is 7.18. The van der Waals surface area contributed by atoms with Crippen LogP contribution in [0.25, 0.3) is 11.0 Å². The Labute approximate surface area is 127 Å². The minimum absolute atomic E-state index is 0.0205. The van der Waals surface area contributed by atoms with Crippen molar-refractivity contribution in [2.45, 2.75) is 31.0 Å². The first-order chi connectivity index (χ1) is 10.2. The fourth-order valence-corrected chi connectivity index (χ4v) is 3.10. The highest BCUT2D eigenvalue weighted by Crippen LogP contribution is 2.20. The van der Waals surface area contributed by atoms with Gasteiger partial charge >= 0.3 is 0 Å². The van der Waals surface area contributed by atoms with E-state index in [4.69, 9.17) is 4.74 Å². The third kappa shape index (κ3) is 3.77. The quantitative estimate of drug-likeness (QED) is 0.832. The molecule has 1 aromatic carbocycles. The highest BCUT2D eigenvalue weighted by molar-refractivity contribution is 7.99. The first kappa shape index (κ1) is 14.4. The lowest BCUT2D eigenvalue weighted by atomic mass is 10.2. The topological polar surface area (TPSA) is 67.0 Å². The summed E-state index contributed by atoms with van der Waals surface area (Å²) in [5.74, 6) is 0.387. The van der Waals surface area contributed by atoms with Gasteiger partial charge in [-0.1, -0.05) is 17.8 Å². The summed E-state index contributed by atoms with van der Waals surface area (Å²) >= 11 is 1.42. The molecule has 2 heterocycles. The van der Waals surface area contributed by atoms with Gasteiger partial charge in [0, 0.05) is 13.2 Å². The van der Waals surface area contributed by atoms with Crippen LogP contribution in [0, 0.1) is 6.92 Å². The molecule has 0 aliphatic carbocycles. The largest absolute Gasteiger partial charge is 0.376 e. The lowest BCUT2D eigenvalue weighted by Crippen LogP contribution is -2.32. The zero-order valence-corrected chi connectivity index (χ0v) is 12.8. The van der Waals surface area contributed by atoms with Crippen molar-refractivity contribution in [1.29, 1.82) is 0 Å². The Morgan fingerprint density at radius 1 is 1.57 bits per heavy atom. The smallest absolute Gasteiger partial charge is 0.230 e. The molecule has 0 bridgehead atoms. The number of benzene rings is 1. The van der Waals surface area contributed by atoms with E-state index in [1.54, 1.807) is 0 Å². The number of amides is 1. The summed E-state index contributed by atoms with van der Waals surface area (Å²) in [6.45, 7) is 3.47. The summed E-state index contributed by atoms with van der Waals surface area (Å²) < 4.78 is 5.48. The van der Waals surface area contributed by atoms with Crippen LogP contribution >= 0.6 is 11.8 Å². The molecule has 112 valence electrons. The molecule has 0 spiro atoms. The molecular formula is C15H19N3O2S. The molecule has 0 unspecified atom stereocenters. The maximum Gasteiger partial charge on any atom is 0.230 e. The maximum atomic E-state index is 11.8. The molecule has 1 fully saturated rings. The van der Waals surface area contributed by atoms with Crippen LogP contribution in [0.1, 0.15) is 18.4 Å². The number of ether oxygens (including phenoxy) is 1. The molecule has 1 atom stereocenters. The van der Waals surface area contributed by atoms with Crippen molar-refractivity contribution in [2.24, 2.45) is 0 Å². The molecule has 1 aromatic heterocycles. The van der Waals surface area contributed by atoms with Gasteiger partial charge in [0.25, 0.3) is 0 Å². The summed E-state index contributed by atoms with van der Waals surface area (Å²) in [5.41, 5.74) is 3.14. The van der Waals surface area contributed by atoms with E-state index in [1.165, 1.54) is 17.3 Å². The molecule has 0 radical (unpaired) electrons. The zero-order chi connectivity index (χ0) is 14.7. The van der Waals surface area contributed by atoms with E-state index in [2.05, 4.69) is 21.4 Å². The minimum atomic E-state index is 0.0205. The number of imidazole rings is 1.